The van der Waals surface area contributed by atoms with Gasteiger partial charge >= 0.3 is 0 Å². The molecule has 1 saturated heterocycles. The smallest absolute Gasteiger partial charge is 0.260 e. The summed E-state index contributed by atoms with van der Waals surface area (Å²) in [6, 6.07) is 5.20. The van der Waals surface area contributed by atoms with Crippen LogP contribution in [0.25, 0.3) is 0 Å². The van der Waals surface area contributed by atoms with Crippen LogP contribution < -0.4 is 10.5 Å². The first-order valence-electron chi connectivity index (χ1n) is 7.01. The van der Waals surface area contributed by atoms with Crippen LogP contribution in [0.1, 0.15) is 18.4 Å². The Hall–Kier alpha value is -1.79. The average molecular weight is 327 g/mol. The molecule has 0 spiro atoms. The van der Waals surface area contributed by atoms with Crippen molar-refractivity contribution in [1.29, 1.82) is 0 Å². The number of carbonyl (C=O) groups excluding carboxylic acids is 2. The Morgan fingerprint density at radius 2 is 2.23 bits per heavy atom. The topological polar surface area (TPSA) is 92.9 Å². The van der Waals surface area contributed by atoms with Gasteiger partial charge in [-0.1, -0.05) is 17.7 Å². The third-order valence-corrected chi connectivity index (χ3v) is 4.26. The Morgan fingerprint density at radius 3 is 2.91 bits per heavy atom. The lowest BCUT2D eigenvalue weighted by Gasteiger charge is -2.36. The average Bonchev–Trinajstić information content (AvgIpc) is 2.48. The van der Waals surface area contributed by atoms with E-state index in [1.54, 1.807) is 25.1 Å². The molecule has 3 N–H and O–H groups in total. The van der Waals surface area contributed by atoms with Gasteiger partial charge in [-0.3, -0.25) is 9.59 Å². The Bertz CT molecular complexity index is 593. The molecule has 1 atom stereocenters. The molecule has 0 saturated carbocycles. The number of carbonyl (C=O) groups is 2. The number of benzene rings is 1. The summed E-state index contributed by atoms with van der Waals surface area (Å²) in [6.45, 7) is 1.98. The maximum Gasteiger partial charge on any atom is 0.260 e. The van der Waals surface area contributed by atoms with Gasteiger partial charge in [-0.2, -0.15) is 0 Å². The molecular weight excluding hydrogens is 308 g/mol. The van der Waals surface area contributed by atoms with E-state index in [2.05, 4.69) is 0 Å². The van der Waals surface area contributed by atoms with Crippen LogP contribution in [0.4, 0.5) is 0 Å². The molecule has 0 aromatic heterocycles. The van der Waals surface area contributed by atoms with Crippen molar-refractivity contribution in [2.24, 2.45) is 5.73 Å². The molecule has 0 bridgehead atoms. The third kappa shape index (κ3) is 3.51. The van der Waals surface area contributed by atoms with E-state index in [1.165, 1.54) is 4.90 Å². The van der Waals surface area contributed by atoms with Gasteiger partial charge < -0.3 is 20.5 Å². The number of amides is 2. The molecular formula is C15H19ClN2O4. The summed E-state index contributed by atoms with van der Waals surface area (Å²) in [6.07, 6.45) is 0.780. The quantitative estimate of drug-likeness (QED) is 0.858. The predicted molar refractivity (Wildman–Crippen MR) is 81.6 cm³/mol. The lowest BCUT2D eigenvalue weighted by molar-refractivity contribution is -0.150. The number of likely N-dealkylation sites (tertiary alicyclic amines) is 1. The van der Waals surface area contributed by atoms with Crippen LogP contribution >= 0.6 is 11.6 Å². The molecule has 120 valence electrons. The van der Waals surface area contributed by atoms with Crippen molar-refractivity contribution in [3.05, 3.63) is 28.8 Å². The molecule has 1 aromatic carbocycles. The van der Waals surface area contributed by atoms with Crippen LogP contribution in [-0.2, 0) is 9.59 Å². The van der Waals surface area contributed by atoms with Gasteiger partial charge in [0.05, 0.1) is 6.54 Å². The molecule has 0 unspecified atom stereocenters. The summed E-state index contributed by atoms with van der Waals surface area (Å²) in [7, 11) is 0. The molecule has 1 fully saturated rings. The number of hydrogen-bond donors (Lipinski definition) is 2. The molecule has 2 rings (SSSR count). The van der Waals surface area contributed by atoms with Crippen molar-refractivity contribution in [3.63, 3.8) is 0 Å². The third-order valence-electron chi connectivity index (χ3n) is 3.85. The van der Waals surface area contributed by atoms with E-state index >= 15 is 0 Å². The highest BCUT2D eigenvalue weighted by molar-refractivity contribution is 6.31. The van der Waals surface area contributed by atoms with Crippen molar-refractivity contribution in [2.45, 2.75) is 25.4 Å². The monoisotopic (exact) mass is 326 g/mol. The lowest BCUT2D eigenvalue weighted by atomic mass is 9.92. The van der Waals surface area contributed by atoms with E-state index in [-0.39, 0.29) is 25.5 Å². The maximum absolute atomic E-state index is 12.2. The summed E-state index contributed by atoms with van der Waals surface area (Å²) >= 11 is 5.99. The Balaban J connectivity index is 1.98. The molecule has 0 radical (unpaired) electrons. The normalized spacial score (nSPS) is 21.5. The van der Waals surface area contributed by atoms with Gasteiger partial charge in [0.1, 0.15) is 5.75 Å². The highest BCUT2D eigenvalue weighted by atomic mass is 35.5. The number of rotatable bonds is 4. The number of nitrogens with two attached hydrogens (primary N) is 1. The highest BCUT2D eigenvalue weighted by Crippen LogP contribution is 2.25. The second-order valence-electron chi connectivity index (χ2n) is 5.47. The van der Waals surface area contributed by atoms with Crippen LogP contribution in [0.5, 0.6) is 5.75 Å². The second-order valence-corrected chi connectivity index (χ2v) is 5.87. The van der Waals surface area contributed by atoms with Gasteiger partial charge in [0, 0.05) is 17.1 Å². The fourth-order valence-electron chi connectivity index (χ4n) is 2.43. The Kier molecular flexibility index (Phi) is 4.93. The standard InChI is InChI=1S/C15H19ClN2O4/c1-10-11(16)4-2-5-12(10)22-8-13(19)18-7-3-6-15(21,9-18)14(17)20/h2,4-5,21H,3,6-9H2,1H3,(H2,17,20)/t15-/m1/s1. The minimum atomic E-state index is -1.65. The minimum absolute atomic E-state index is 0.0982. The SMILES string of the molecule is Cc1c(Cl)cccc1OCC(=O)N1CCC[C@](O)(C(N)=O)C1. The van der Waals surface area contributed by atoms with Crippen LogP contribution in [0.3, 0.4) is 0 Å². The molecule has 2 amide bonds. The molecule has 7 heteroatoms. The number of aliphatic hydroxyl groups is 1. The fourth-order valence-corrected chi connectivity index (χ4v) is 2.59. The van der Waals surface area contributed by atoms with Crippen molar-refractivity contribution >= 4 is 23.4 Å². The Labute approximate surface area is 133 Å². The number of nitrogens with zero attached hydrogens (tertiary/aromatic N) is 1. The summed E-state index contributed by atoms with van der Waals surface area (Å²) in [5.74, 6) is -0.585. The van der Waals surface area contributed by atoms with E-state index in [0.29, 0.717) is 23.7 Å². The van der Waals surface area contributed by atoms with Gasteiger partial charge in [0.25, 0.3) is 11.8 Å². The van der Waals surface area contributed by atoms with E-state index in [0.717, 1.165) is 5.56 Å². The Morgan fingerprint density at radius 1 is 1.50 bits per heavy atom. The summed E-state index contributed by atoms with van der Waals surface area (Å²) in [5.41, 5.74) is 4.29. The predicted octanol–water partition coefficient (Wildman–Crippen LogP) is 0.866. The number of hydrogen-bond acceptors (Lipinski definition) is 4. The maximum atomic E-state index is 12.2. The van der Waals surface area contributed by atoms with Crippen LogP contribution in [-0.4, -0.2) is 47.1 Å². The van der Waals surface area contributed by atoms with Crippen molar-refractivity contribution in [3.8, 4) is 5.75 Å². The number of piperidine rings is 1. The first-order valence-corrected chi connectivity index (χ1v) is 7.39. The van der Waals surface area contributed by atoms with Crippen LogP contribution in [0.2, 0.25) is 5.02 Å². The molecule has 1 aromatic rings. The van der Waals surface area contributed by atoms with E-state index in [9.17, 15) is 14.7 Å². The van der Waals surface area contributed by atoms with Crippen molar-refractivity contribution < 1.29 is 19.4 Å². The first-order chi connectivity index (χ1) is 10.3. The largest absolute Gasteiger partial charge is 0.483 e. The van der Waals surface area contributed by atoms with E-state index < -0.39 is 11.5 Å². The lowest BCUT2D eigenvalue weighted by Crippen LogP contribution is -2.57. The summed E-state index contributed by atoms with van der Waals surface area (Å²) in [4.78, 5) is 24.9. The van der Waals surface area contributed by atoms with Crippen molar-refractivity contribution in [1.82, 2.24) is 4.90 Å². The van der Waals surface area contributed by atoms with Crippen LogP contribution in [0, 0.1) is 6.92 Å². The fraction of sp³-hybridized carbons (Fsp3) is 0.467. The minimum Gasteiger partial charge on any atom is -0.483 e. The highest BCUT2D eigenvalue weighted by Gasteiger charge is 2.40. The number of primary amides is 1. The van der Waals surface area contributed by atoms with Gasteiger partial charge in [0.2, 0.25) is 0 Å². The summed E-state index contributed by atoms with van der Waals surface area (Å²) < 4.78 is 5.49. The zero-order valence-electron chi connectivity index (χ0n) is 12.3. The number of halogens is 1. The first kappa shape index (κ1) is 16.6. The summed E-state index contributed by atoms with van der Waals surface area (Å²) in [5, 5.41) is 10.7. The molecule has 6 nitrogen and oxygen atoms in total. The van der Waals surface area contributed by atoms with Gasteiger partial charge in [-0.25, -0.2) is 0 Å². The van der Waals surface area contributed by atoms with E-state index in [1.807, 2.05) is 0 Å². The van der Waals surface area contributed by atoms with Gasteiger partial charge in [0.15, 0.2) is 12.2 Å². The zero-order chi connectivity index (χ0) is 16.3. The second kappa shape index (κ2) is 6.54. The molecule has 1 aliphatic heterocycles. The van der Waals surface area contributed by atoms with Gasteiger partial charge in [-0.05, 0) is 31.9 Å². The van der Waals surface area contributed by atoms with E-state index in [4.69, 9.17) is 22.1 Å². The van der Waals surface area contributed by atoms with Crippen molar-refractivity contribution in [2.75, 3.05) is 19.7 Å². The van der Waals surface area contributed by atoms with Gasteiger partial charge in [-0.15, -0.1) is 0 Å². The molecule has 0 aliphatic carbocycles. The number of β-amino-alcohol motifs (C(OH)–C–C–N with tert-alkyl or cyclic N) is 1. The molecule has 1 aliphatic rings. The molecule has 1 heterocycles. The number of ether oxygens (including phenoxy) is 1. The molecule has 22 heavy (non-hydrogen) atoms. The zero-order valence-corrected chi connectivity index (χ0v) is 13.1. The van der Waals surface area contributed by atoms with Crippen LogP contribution in [0.15, 0.2) is 18.2 Å².